The van der Waals surface area contributed by atoms with Gasteiger partial charge in [0, 0.05) is 12.8 Å². The van der Waals surface area contributed by atoms with E-state index in [1.54, 1.807) is 0 Å². The summed E-state index contributed by atoms with van der Waals surface area (Å²) in [7, 11) is 0. The van der Waals surface area contributed by atoms with Crippen LogP contribution in [-0.4, -0.2) is 42.6 Å². The fourth-order valence-corrected chi connectivity index (χ4v) is 3.37. The molecule has 0 amide bonds. The Labute approximate surface area is 240 Å². The van der Waals surface area contributed by atoms with Gasteiger partial charge in [0.25, 0.3) is 0 Å². The van der Waals surface area contributed by atoms with E-state index in [1.807, 2.05) is 0 Å². The molecule has 0 heterocycles. The number of phenols is 4. The maximum absolute atomic E-state index is 10.2. The van der Waals surface area contributed by atoms with Crippen LogP contribution in [0.5, 0.6) is 23.0 Å². The highest BCUT2D eigenvalue weighted by atomic mass is 16.4. The molecule has 2 rings (SSSR count). The number of aromatic hydroxyl groups is 4. The summed E-state index contributed by atoms with van der Waals surface area (Å²) in [5, 5.41) is 51.3. The van der Waals surface area contributed by atoms with Crippen molar-refractivity contribution in [2.24, 2.45) is 0 Å². The number of benzene rings is 2. The number of hydrogen-bond acceptors (Lipinski definition) is 6. The molecule has 2 aromatic carbocycles. The molecule has 0 spiro atoms. The van der Waals surface area contributed by atoms with Gasteiger partial charge in [-0.1, -0.05) is 90.9 Å². The van der Waals surface area contributed by atoms with Gasteiger partial charge in [-0.05, 0) is 61.4 Å². The Morgan fingerprint density at radius 2 is 0.625 bits per heavy atom. The van der Waals surface area contributed by atoms with Gasteiger partial charge in [-0.3, -0.25) is 9.59 Å². The standard InChI is InChI=1S/C12H24O2.C8H16O2.2C6H6O2/c1-2-3-4-5-6-7-8-9-10-11-12(13)14;1-2-3-4-5-6-7-8(9)10;2*7-5-1-2-6(8)4-3-5/h2-11H2,1H3,(H,13,14);2-7H2,1H3,(H,9,10);2*1-4,7-8H. The molecule has 0 aliphatic carbocycles. The largest absolute Gasteiger partial charge is 0.508 e. The molecule has 0 aliphatic heterocycles. The number of hydrogen-bond donors (Lipinski definition) is 6. The van der Waals surface area contributed by atoms with Gasteiger partial charge in [0.15, 0.2) is 0 Å². The van der Waals surface area contributed by atoms with E-state index in [0.29, 0.717) is 12.8 Å². The zero-order chi connectivity index (χ0) is 30.4. The van der Waals surface area contributed by atoms with Gasteiger partial charge in [-0.15, -0.1) is 0 Å². The molecule has 0 aromatic heterocycles. The Kier molecular flexibility index (Phi) is 27.7. The molecular weight excluding hydrogens is 512 g/mol. The van der Waals surface area contributed by atoms with E-state index in [0.717, 1.165) is 25.7 Å². The van der Waals surface area contributed by atoms with E-state index in [2.05, 4.69) is 13.8 Å². The smallest absolute Gasteiger partial charge is 0.303 e. The van der Waals surface area contributed by atoms with E-state index in [1.165, 1.54) is 113 Å². The van der Waals surface area contributed by atoms with Crippen molar-refractivity contribution < 1.29 is 40.2 Å². The average molecular weight is 565 g/mol. The van der Waals surface area contributed by atoms with Gasteiger partial charge in [-0.25, -0.2) is 0 Å². The Morgan fingerprint density at radius 1 is 0.425 bits per heavy atom. The molecule has 0 saturated heterocycles. The minimum Gasteiger partial charge on any atom is -0.508 e. The van der Waals surface area contributed by atoms with Crippen molar-refractivity contribution in [3.05, 3.63) is 48.5 Å². The maximum Gasteiger partial charge on any atom is 0.303 e. The highest BCUT2D eigenvalue weighted by Crippen LogP contribution is 2.14. The summed E-state index contributed by atoms with van der Waals surface area (Å²) in [5.41, 5.74) is 0. The van der Waals surface area contributed by atoms with Gasteiger partial charge >= 0.3 is 11.9 Å². The summed E-state index contributed by atoms with van der Waals surface area (Å²) in [6.45, 7) is 4.38. The molecule has 8 nitrogen and oxygen atoms in total. The molecule has 0 saturated carbocycles. The predicted molar refractivity (Wildman–Crippen MR) is 160 cm³/mol. The molecule has 0 fully saturated rings. The molecule has 0 aliphatic rings. The lowest BCUT2D eigenvalue weighted by molar-refractivity contribution is -0.138. The van der Waals surface area contributed by atoms with E-state index >= 15 is 0 Å². The van der Waals surface area contributed by atoms with Crippen molar-refractivity contribution in [2.75, 3.05) is 0 Å². The molecule has 0 bridgehead atoms. The molecular formula is C32H52O8. The van der Waals surface area contributed by atoms with Gasteiger partial charge < -0.3 is 30.6 Å². The highest BCUT2D eigenvalue weighted by molar-refractivity contribution is 5.66. The second-order valence-corrected chi connectivity index (χ2v) is 9.56. The van der Waals surface area contributed by atoms with E-state index in [9.17, 15) is 9.59 Å². The van der Waals surface area contributed by atoms with Crippen molar-refractivity contribution in [3.8, 4) is 23.0 Å². The van der Waals surface area contributed by atoms with Gasteiger partial charge in [-0.2, -0.15) is 0 Å². The summed E-state index contributed by atoms with van der Waals surface area (Å²) < 4.78 is 0. The normalized spacial score (nSPS) is 9.65. The van der Waals surface area contributed by atoms with E-state index < -0.39 is 11.9 Å². The number of carboxylic acid groups (broad SMARTS) is 2. The zero-order valence-electron chi connectivity index (χ0n) is 24.4. The second-order valence-electron chi connectivity index (χ2n) is 9.56. The minimum atomic E-state index is -0.670. The van der Waals surface area contributed by atoms with E-state index in [-0.39, 0.29) is 23.0 Å². The molecule has 8 heteroatoms. The maximum atomic E-state index is 10.2. The number of rotatable bonds is 16. The lowest BCUT2D eigenvalue weighted by Crippen LogP contribution is -1.93. The molecule has 2 aromatic rings. The van der Waals surface area contributed by atoms with Crippen LogP contribution in [0, 0.1) is 0 Å². The average Bonchev–Trinajstić information content (AvgIpc) is 2.92. The van der Waals surface area contributed by atoms with Gasteiger partial charge in [0.1, 0.15) is 23.0 Å². The summed E-state index contributed by atoms with van der Waals surface area (Å²) in [6.07, 6.45) is 17.4. The fourth-order valence-electron chi connectivity index (χ4n) is 3.37. The van der Waals surface area contributed by atoms with Crippen molar-refractivity contribution in [1.29, 1.82) is 0 Å². The van der Waals surface area contributed by atoms with Gasteiger partial charge in [0.2, 0.25) is 0 Å². The summed E-state index contributed by atoms with van der Waals surface area (Å²) in [4.78, 5) is 20.2. The number of carboxylic acids is 2. The van der Waals surface area contributed by atoms with Crippen molar-refractivity contribution in [3.63, 3.8) is 0 Å². The Balaban J connectivity index is 0. The van der Waals surface area contributed by atoms with Crippen LogP contribution >= 0.6 is 0 Å². The van der Waals surface area contributed by atoms with E-state index in [4.69, 9.17) is 30.6 Å². The van der Waals surface area contributed by atoms with Crippen LogP contribution in [0.2, 0.25) is 0 Å². The lowest BCUT2D eigenvalue weighted by Gasteiger charge is -2.00. The van der Waals surface area contributed by atoms with Crippen LogP contribution in [-0.2, 0) is 9.59 Å². The van der Waals surface area contributed by atoms with Crippen LogP contribution in [0.1, 0.15) is 117 Å². The number of unbranched alkanes of at least 4 members (excludes halogenated alkanes) is 12. The summed E-state index contributed by atoms with van der Waals surface area (Å²) >= 11 is 0. The lowest BCUT2D eigenvalue weighted by atomic mass is 10.1. The monoisotopic (exact) mass is 564 g/mol. The first-order valence-electron chi connectivity index (χ1n) is 14.5. The molecule has 40 heavy (non-hydrogen) atoms. The zero-order valence-corrected chi connectivity index (χ0v) is 24.4. The highest BCUT2D eigenvalue weighted by Gasteiger charge is 1.96. The molecule has 6 N–H and O–H groups in total. The van der Waals surface area contributed by atoms with Crippen molar-refractivity contribution in [1.82, 2.24) is 0 Å². The summed E-state index contributed by atoms with van der Waals surface area (Å²) in [6, 6.07) is 11.4. The SMILES string of the molecule is CCCCCCCC(=O)O.CCCCCCCCCCCC(=O)O.Oc1ccc(O)cc1.Oc1ccc(O)cc1. The minimum absolute atomic E-state index is 0.169. The molecule has 0 atom stereocenters. The molecule has 228 valence electrons. The Hall–Kier alpha value is -3.42. The van der Waals surface area contributed by atoms with Crippen molar-refractivity contribution in [2.45, 2.75) is 117 Å². The number of aliphatic carboxylic acids is 2. The molecule has 0 radical (unpaired) electrons. The predicted octanol–water partition coefficient (Wildman–Crippen LogP) is 8.62. The first kappa shape index (κ1) is 38.7. The van der Waals surface area contributed by atoms with Gasteiger partial charge in [0.05, 0.1) is 0 Å². The van der Waals surface area contributed by atoms with Crippen molar-refractivity contribution >= 4 is 11.9 Å². The molecule has 0 unspecified atom stereocenters. The summed E-state index contributed by atoms with van der Waals surface area (Å²) in [5.74, 6) is -0.652. The van der Waals surface area contributed by atoms with Crippen LogP contribution in [0.4, 0.5) is 0 Å². The third-order valence-electron chi connectivity index (χ3n) is 5.69. The quantitative estimate of drug-likeness (QED) is 0.0874. The third kappa shape index (κ3) is 32.6. The number of phenolic OH excluding ortho intramolecular Hbond substituents is 4. The first-order chi connectivity index (χ1) is 19.1. The van der Waals surface area contributed by atoms with Crippen LogP contribution in [0.15, 0.2) is 48.5 Å². The fraction of sp³-hybridized carbons (Fsp3) is 0.562. The van der Waals surface area contributed by atoms with Crippen LogP contribution in [0.25, 0.3) is 0 Å². The van der Waals surface area contributed by atoms with Crippen LogP contribution in [0.3, 0.4) is 0 Å². The second kappa shape index (κ2) is 28.6. The third-order valence-corrected chi connectivity index (χ3v) is 5.69. The van der Waals surface area contributed by atoms with Crippen LogP contribution < -0.4 is 0 Å². The first-order valence-corrected chi connectivity index (χ1v) is 14.5. The Morgan fingerprint density at radius 3 is 0.825 bits per heavy atom. The topological polar surface area (TPSA) is 156 Å². The number of carbonyl (C=O) groups is 2. The Bertz CT molecular complexity index is 749.